The molecule has 0 atom stereocenters. The van der Waals surface area contributed by atoms with Crippen molar-refractivity contribution in [1.82, 2.24) is 14.7 Å². The highest BCUT2D eigenvalue weighted by Crippen LogP contribution is 2.09. The quantitative estimate of drug-likeness (QED) is 0.665. The maximum atomic E-state index is 11.2. The highest BCUT2D eigenvalue weighted by Gasteiger charge is 2.05. The van der Waals surface area contributed by atoms with Gasteiger partial charge in [0, 0.05) is 24.5 Å². The van der Waals surface area contributed by atoms with E-state index >= 15 is 0 Å². The minimum absolute atomic E-state index is 0.0399. The van der Waals surface area contributed by atoms with Crippen molar-refractivity contribution in [1.29, 1.82) is 0 Å². The maximum Gasteiger partial charge on any atom is 0.321 e. The van der Waals surface area contributed by atoms with E-state index in [2.05, 4.69) is 20.0 Å². The topological polar surface area (TPSA) is 104 Å². The van der Waals surface area contributed by atoms with Crippen LogP contribution in [0.15, 0.2) is 0 Å². The number of nitrogens with one attached hydrogen (secondary N) is 2. The van der Waals surface area contributed by atoms with Crippen molar-refractivity contribution in [2.75, 3.05) is 11.9 Å². The van der Waals surface area contributed by atoms with Crippen LogP contribution >= 0.6 is 11.5 Å². The Hall–Kier alpha value is -1.70. The van der Waals surface area contributed by atoms with Gasteiger partial charge in [0.05, 0.1) is 0 Å². The molecule has 0 aliphatic carbocycles. The maximum absolute atomic E-state index is 11.2. The molecule has 0 spiro atoms. The van der Waals surface area contributed by atoms with Gasteiger partial charge in [0.15, 0.2) is 0 Å². The first kappa shape index (κ1) is 12.4. The van der Waals surface area contributed by atoms with E-state index in [9.17, 15) is 9.59 Å². The van der Waals surface area contributed by atoms with E-state index in [1.54, 1.807) is 6.92 Å². The van der Waals surface area contributed by atoms with Gasteiger partial charge in [-0.15, -0.1) is 0 Å². The third-order valence-corrected chi connectivity index (χ3v) is 2.32. The van der Waals surface area contributed by atoms with E-state index < -0.39 is 12.0 Å². The van der Waals surface area contributed by atoms with Crippen molar-refractivity contribution in [3.05, 3.63) is 5.82 Å². The van der Waals surface area contributed by atoms with E-state index in [1.807, 2.05) is 0 Å². The number of carbonyl (C=O) groups excluding carboxylic acids is 1. The first-order valence-electron chi connectivity index (χ1n) is 4.65. The molecule has 0 bridgehead atoms. The van der Waals surface area contributed by atoms with Gasteiger partial charge in [-0.25, -0.2) is 9.78 Å². The molecule has 1 rings (SSSR count). The lowest BCUT2D eigenvalue weighted by atomic mass is 10.3. The monoisotopic (exact) mass is 244 g/mol. The lowest BCUT2D eigenvalue weighted by Crippen LogP contribution is -2.29. The standard InChI is InChI=1S/C8H12N4O3S/c1-5-10-8(16-12-5)11-7(15)9-4-2-3-6(13)14/h2-4H2,1H3,(H,13,14)(H2,9,10,11,12,15). The van der Waals surface area contributed by atoms with Crippen LogP contribution in [0.5, 0.6) is 0 Å². The van der Waals surface area contributed by atoms with Gasteiger partial charge in [0.2, 0.25) is 5.13 Å². The van der Waals surface area contributed by atoms with E-state index in [0.717, 1.165) is 11.5 Å². The number of carboxylic acids is 1. The van der Waals surface area contributed by atoms with E-state index in [4.69, 9.17) is 5.11 Å². The van der Waals surface area contributed by atoms with Crippen molar-refractivity contribution in [2.45, 2.75) is 19.8 Å². The lowest BCUT2D eigenvalue weighted by Gasteiger charge is -2.03. The zero-order valence-corrected chi connectivity index (χ0v) is 9.50. The number of nitrogens with zero attached hydrogens (tertiary/aromatic N) is 2. The molecule has 0 saturated heterocycles. The lowest BCUT2D eigenvalue weighted by molar-refractivity contribution is -0.137. The Balaban J connectivity index is 2.18. The number of rotatable bonds is 5. The van der Waals surface area contributed by atoms with Crippen molar-refractivity contribution < 1.29 is 14.7 Å². The Morgan fingerprint density at radius 1 is 1.50 bits per heavy atom. The first-order valence-corrected chi connectivity index (χ1v) is 5.42. The average molecular weight is 244 g/mol. The zero-order chi connectivity index (χ0) is 12.0. The molecule has 7 nitrogen and oxygen atoms in total. The first-order chi connectivity index (χ1) is 7.58. The van der Waals surface area contributed by atoms with E-state index in [-0.39, 0.29) is 6.42 Å². The molecule has 2 amide bonds. The molecule has 0 aromatic carbocycles. The molecule has 0 unspecified atom stereocenters. The summed E-state index contributed by atoms with van der Waals surface area (Å²) < 4.78 is 3.90. The van der Waals surface area contributed by atoms with Crippen molar-refractivity contribution >= 4 is 28.7 Å². The third kappa shape index (κ3) is 4.69. The second-order valence-corrected chi connectivity index (χ2v) is 3.78. The molecule has 0 aliphatic rings. The van der Waals surface area contributed by atoms with Crippen LogP contribution in [-0.2, 0) is 4.79 Å². The van der Waals surface area contributed by atoms with Gasteiger partial charge < -0.3 is 10.4 Å². The Kier molecular flexibility index (Phi) is 4.65. The van der Waals surface area contributed by atoms with Crippen molar-refractivity contribution in [3.8, 4) is 0 Å². The number of hydrogen-bond donors (Lipinski definition) is 3. The SMILES string of the molecule is Cc1nsc(NC(=O)NCCCC(=O)O)n1. The molecule has 3 N–H and O–H groups in total. The van der Waals surface area contributed by atoms with Gasteiger partial charge in [-0.1, -0.05) is 0 Å². The predicted molar refractivity (Wildman–Crippen MR) is 58.5 cm³/mol. The summed E-state index contributed by atoms with van der Waals surface area (Å²) in [4.78, 5) is 25.4. The highest BCUT2D eigenvalue weighted by atomic mass is 32.1. The fourth-order valence-corrected chi connectivity index (χ4v) is 1.50. The minimum Gasteiger partial charge on any atom is -0.481 e. The molecule has 0 saturated carbocycles. The fourth-order valence-electron chi connectivity index (χ4n) is 0.931. The Labute approximate surface area is 96.1 Å². The molecule has 1 aromatic rings. The summed E-state index contributed by atoms with van der Waals surface area (Å²) in [5.74, 6) is -0.270. The van der Waals surface area contributed by atoms with Gasteiger partial charge in [0.1, 0.15) is 5.82 Å². The Bertz CT molecular complexity index is 379. The van der Waals surface area contributed by atoms with Crippen molar-refractivity contribution in [3.63, 3.8) is 0 Å². The van der Waals surface area contributed by atoms with Crippen LogP contribution in [0.2, 0.25) is 0 Å². The van der Waals surface area contributed by atoms with E-state index in [1.165, 1.54) is 0 Å². The van der Waals surface area contributed by atoms with Crippen LogP contribution in [0.1, 0.15) is 18.7 Å². The minimum atomic E-state index is -0.873. The third-order valence-electron chi connectivity index (χ3n) is 1.60. The molecule has 0 radical (unpaired) electrons. The van der Waals surface area contributed by atoms with Gasteiger partial charge in [-0.05, 0) is 13.3 Å². The van der Waals surface area contributed by atoms with Crippen LogP contribution in [-0.4, -0.2) is 33.0 Å². The predicted octanol–water partition coefficient (Wildman–Crippen LogP) is 0.833. The van der Waals surface area contributed by atoms with Gasteiger partial charge in [-0.2, -0.15) is 4.37 Å². The number of amides is 2. The number of anilines is 1. The second kappa shape index (κ2) is 6.01. The molecule has 0 aliphatic heterocycles. The summed E-state index contributed by atoms with van der Waals surface area (Å²) in [5.41, 5.74) is 0. The number of aromatic nitrogens is 2. The molecule has 0 fully saturated rings. The van der Waals surface area contributed by atoms with Crippen LogP contribution in [0, 0.1) is 6.92 Å². The van der Waals surface area contributed by atoms with Gasteiger partial charge in [0.25, 0.3) is 0 Å². The largest absolute Gasteiger partial charge is 0.481 e. The summed E-state index contributed by atoms with van der Waals surface area (Å²) in [7, 11) is 0. The molecular weight excluding hydrogens is 232 g/mol. The van der Waals surface area contributed by atoms with Gasteiger partial charge >= 0.3 is 12.0 Å². The highest BCUT2D eigenvalue weighted by molar-refractivity contribution is 7.09. The second-order valence-electron chi connectivity index (χ2n) is 3.02. The molecule has 88 valence electrons. The normalized spacial score (nSPS) is 9.81. The molecule has 1 aromatic heterocycles. The average Bonchev–Trinajstić information content (AvgIpc) is 2.58. The van der Waals surface area contributed by atoms with Crippen LogP contribution < -0.4 is 10.6 Å². The molecular formula is C8H12N4O3S. The number of aliphatic carboxylic acids is 1. The van der Waals surface area contributed by atoms with Crippen LogP contribution in [0.3, 0.4) is 0 Å². The zero-order valence-electron chi connectivity index (χ0n) is 8.69. The number of carbonyl (C=O) groups is 2. The smallest absolute Gasteiger partial charge is 0.321 e. The summed E-state index contributed by atoms with van der Waals surface area (Å²) in [6.45, 7) is 2.04. The summed E-state index contributed by atoms with van der Waals surface area (Å²) in [5, 5.41) is 13.8. The Morgan fingerprint density at radius 3 is 2.81 bits per heavy atom. The van der Waals surface area contributed by atoms with Crippen LogP contribution in [0.25, 0.3) is 0 Å². The summed E-state index contributed by atoms with van der Waals surface area (Å²) >= 11 is 1.09. The van der Waals surface area contributed by atoms with Crippen LogP contribution in [0.4, 0.5) is 9.93 Å². The summed E-state index contributed by atoms with van der Waals surface area (Å²) in [6, 6.07) is -0.401. The molecule has 8 heteroatoms. The molecule has 16 heavy (non-hydrogen) atoms. The van der Waals surface area contributed by atoms with Gasteiger partial charge in [-0.3, -0.25) is 10.1 Å². The number of aryl methyl sites for hydroxylation is 1. The molecule has 1 heterocycles. The fraction of sp³-hybridized carbons (Fsp3) is 0.500. The van der Waals surface area contributed by atoms with E-state index in [0.29, 0.717) is 23.9 Å². The number of carboxylic acid groups (broad SMARTS) is 1. The number of hydrogen-bond acceptors (Lipinski definition) is 5. The number of urea groups is 1. The Morgan fingerprint density at radius 2 is 2.25 bits per heavy atom. The summed E-state index contributed by atoms with van der Waals surface area (Å²) in [6.07, 6.45) is 0.441. The van der Waals surface area contributed by atoms with Crippen molar-refractivity contribution in [2.24, 2.45) is 0 Å².